The van der Waals surface area contributed by atoms with Crippen LogP contribution >= 0.6 is 23.2 Å². The number of rotatable bonds is 5. The van der Waals surface area contributed by atoms with E-state index in [0.717, 1.165) is 6.21 Å². The van der Waals surface area contributed by atoms with Crippen molar-refractivity contribution in [2.75, 3.05) is 0 Å². The summed E-state index contributed by atoms with van der Waals surface area (Å²) in [6, 6.07) is 11.8. The summed E-state index contributed by atoms with van der Waals surface area (Å²) < 4.78 is 72.7. The van der Waals surface area contributed by atoms with E-state index in [1.165, 1.54) is 42.5 Å². The summed E-state index contributed by atoms with van der Waals surface area (Å²) >= 11 is 11.8. The lowest BCUT2D eigenvalue weighted by molar-refractivity contribution is -0.137. The fourth-order valence-electron chi connectivity index (χ4n) is 2.89. The SMILES string of the molecule is O=C(N/N=C/c1ccccc1-c1cc(C(F)(F)F)ccc1S(=O)(=O)O)c1ccc(Cl)cc1Cl. The number of nitrogens with zero attached hydrogens (tertiary/aromatic N) is 1. The van der Waals surface area contributed by atoms with E-state index in [1.807, 2.05) is 0 Å². The Morgan fingerprint density at radius 2 is 1.70 bits per heavy atom. The van der Waals surface area contributed by atoms with Crippen LogP contribution in [-0.2, 0) is 16.3 Å². The minimum Gasteiger partial charge on any atom is -0.282 e. The second-order valence-corrected chi connectivity index (χ2v) is 8.83. The first kappa shape index (κ1) is 24.7. The van der Waals surface area contributed by atoms with E-state index in [1.54, 1.807) is 0 Å². The lowest BCUT2D eigenvalue weighted by atomic mass is 9.98. The zero-order valence-corrected chi connectivity index (χ0v) is 18.6. The Morgan fingerprint density at radius 1 is 1.00 bits per heavy atom. The second kappa shape index (κ2) is 9.52. The van der Waals surface area contributed by atoms with Crippen LogP contribution in [0.3, 0.4) is 0 Å². The Kier molecular flexibility index (Phi) is 7.13. The molecule has 0 fully saturated rings. The number of carbonyl (C=O) groups is 1. The number of hydrogen-bond donors (Lipinski definition) is 2. The third kappa shape index (κ3) is 5.91. The number of carbonyl (C=O) groups excluding carboxylic acids is 1. The smallest absolute Gasteiger partial charge is 0.282 e. The van der Waals surface area contributed by atoms with Crippen LogP contribution in [0.1, 0.15) is 21.5 Å². The molecule has 0 saturated carbocycles. The molecular formula is C21H13Cl2F3N2O4S. The molecule has 172 valence electrons. The lowest BCUT2D eigenvalue weighted by Crippen LogP contribution is -2.18. The molecule has 1 amide bonds. The van der Waals surface area contributed by atoms with Gasteiger partial charge in [-0.05, 0) is 42.0 Å². The predicted octanol–water partition coefficient (Wildman–Crippen LogP) is 5.69. The second-order valence-electron chi connectivity index (χ2n) is 6.59. The Morgan fingerprint density at radius 3 is 2.33 bits per heavy atom. The minimum absolute atomic E-state index is 0.0266. The van der Waals surface area contributed by atoms with Crippen LogP contribution in [0.4, 0.5) is 13.2 Å². The summed E-state index contributed by atoms with van der Waals surface area (Å²) in [7, 11) is -4.85. The fourth-order valence-corrected chi connectivity index (χ4v) is 4.07. The quantitative estimate of drug-likeness (QED) is 0.258. The Hall–Kier alpha value is -2.92. The standard InChI is InChI=1S/C21H13Cl2F3N2O4S/c22-14-6-7-16(18(23)10-14)20(29)28-27-11-12-3-1-2-4-15(12)17-9-13(21(24,25)26)5-8-19(17)33(30,31)32/h1-11H,(H,28,29)(H,30,31,32)/b27-11+. The molecule has 2 N–H and O–H groups in total. The molecular weight excluding hydrogens is 504 g/mol. The average molecular weight is 517 g/mol. The predicted molar refractivity (Wildman–Crippen MR) is 118 cm³/mol. The van der Waals surface area contributed by atoms with Crippen LogP contribution in [0.15, 0.2) is 70.7 Å². The molecule has 0 unspecified atom stereocenters. The summed E-state index contributed by atoms with van der Waals surface area (Å²) in [5, 5.41) is 4.18. The van der Waals surface area contributed by atoms with Gasteiger partial charge in [0.05, 0.1) is 22.4 Å². The Labute approximate surface area is 196 Å². The highest BCUT2D eigenvalue weighted by atomic mass is 35.5. The van der Waals surface area contributed by atoms with Gasteiger partial charge in [0.1, 0.15) is 4.90 Å². The van der Waals surface area contributed by atoms with Crippen molar-refractivity contribution in [1.29, 1.82) is 0 Å². The average Bonchev–Trinajstić information content (AvgIpc) is 2.72. The molecule has 33 heavy (non-hydrogen) atoms. The van der Waals surface area contributed by atoms with E-state index in [4.69, 9.17) is 23.2 Å². The molecule has 0 saturated heterocycles. The van der Waals surface area contributed by atoms with Gasteiger partial charge in [-0.1, -0.05) is 47.5 Å². The molecule has 12 heteroatoms. The molecule has 0 aliphatic rings. The molecule has 0 aromatic heterocycles. The van der Waals surface area contributed by atoms with E-state index >= 15 is 0 Å². The van der Waals surface area contributed by atoms with E-state index in [-0.39, 0.29) is 27.3 Å². The van der Waals surface area contributed by atoms with Gasteiger partial charge in [0.25, 0.3) is 16.0 Å². The Bertz CT molecular complexity index is 1360. The van der Waals surface area contributed by atoms with Crippen molar-refractivity contribution in [3.8, 4) is 11.1 Å². The van der Waals surface area contributed by atoms with Crippen molar-refractivity contribution >= 4 is 45.4 Å². The minimum atomic E-state index is -4.85. The molecule has 0 atom stereocenters. The van der Waals surface area contributed by atoms with Crippen molar-refractivity contribution in [3.05, 3.63) is 87.4 Å². The highest BCUT2D eigenvalue weighted by Gasteiger charge is 2.32. The monoisotopic (exact) mass is 516 g/mol. The lowest BCUT2D eigenvalue weighted by Gasteiger charge is -2.14. The van der Waals surface area contributed by atoms with Gasteiger partial charge in [-0.3, -0.25) is 9.35 Å². The van der Waals surface area contributed by atoms with E-state index in [2.05, 4.69) is 10.5 Å². The molecule has 3 aromatic carbocycles. The molecule has 0 aliphatic heterocycles. The maximum atomic E-state index is 13.2. The van der Waals surface area contributed by atoms with E-state index in [9.17, 15) is 30.9 Å². The van der Waals surface area contributed by atoms with E-state index in [0.29, 0.717) is 23.2 Å². The van der Waals surface area contributed by atoms with Crippen LogP contribution in [0.5, 0.6) is 0 Å². The number of hydrogen-bond acceptors (Lipinski definition) is 4. The van der Waals surface area contributed by atoms with Crippen LogP contribution < -0.4 is 5.43 Å². The third-order valence-corrected chi connectivity index (χ3v) is 5.84. The summed E-state index contributed by atoms with van der Waals surface area (Å²) in [4.78, 5) is 11.6. The van der Waals surface area contributed by atoms with Crippen LogP contribution in [0.25, 0.3) is 11.1 Å². The summed E-state index contributed by atoms with van der Waals surface area (Å²) in [6.45, 7) is 0. The number of alkyl halides is 3. The first-order chi connectivity index (χ1) is 15.4. The van der Waals surface area contributed by atoms with Gasteiger partial charge in [-0.15, -0.1) is 0 Å². The highest BCUT2D eigenvalue weighted by molar-refractivity contribution is 7.86. The maximum Gasteiger partial charge on any atom is 0.416 e. The number of amides is 1. The summed E-state index contributed by atoms with van der Waals surface area (Å²) in [5.74, 6) is -0.678. The van der Waals surface area contributed by atoms with Gasteiger partial charge in [0.15, 0.2) is 0 Å². The molecule has 0 spiro atoms. The van der Waals surface area contributed by atoms with Gasteiger partial charge >= 0.3 is 6.18 Å². The first-order valence-electron chi connectivity index (χ1n) is 8.94. The fraction of sp³-hybridized carbons (Fsp3) is 0.0476. The summed E-state index contributed by atoms with van der Waals surface area (Å²) in [5.41, 5.74) is 1.00. The molecule has 0 radical (unpaired) electrons. The van der Waals surface area contributed by atoms with Crippen molar-refractivity contribution in [3.63, 3.8) is 0 Å². The molecule has 6 nitrogen and oxygen atoms in total. The van der Waals surface area contributed by atoms with Crippen molar-refractivity contribution < 1.29 is 30.9 Å². The van der Waals surface area contributed by atoms with Crippen molar-refractivity contribution in [1.82, 2.24) is 5.43 Å². The number of benzene rings is 3. The largest absolute Gasteiger partial charge is 0.416 e. The molecule has 0 bridgehead atoms. The van der Waals surface area contributed by atoms with E-state index < -0.39 is 32.7 Å². The van der Waals surface area contributed by atoms with Crippen molar-refractivity contribution in [2.45, 2.75) is 11.1 Å². The third-order valence-electron chi connectivity index (χ3n) is 4.38. The Balaban J connectivity index is 2.01. The first-order valence-corrected chi connectivity index (χ1v) is 11.1. The summed E-state index contributed by atoms with van der Waals surface area (Å²) in [6.07, 6.45) is -3.63. The van der Waals surface area contributed by atoms with Gasteiger partial charge in [0.2, 0.25) is 0 Å². The number of hydrazone groups is 1. The molecule has 3 rings (SSSR count). The van der Waals surface area contributed by atoms with Gasteiger partial charge in [-0.2, -0.15) is 26.7 Å². The number of nitrogens with one attached hydrogen (secondary N) is 1. The topological polar surface area (TPSA) is 95.8 Å². The normalized spacial score (nSPS) is 12.2. The number of halogens is 5. The van der Waals surface area contributed by atoms with Crippen LogP contribution in [-0.4, -0.2) is 25.1 Å². The van der Waals surface area contributed by atoms with Gasteiger partial charge < -0.3 is 0 Å². The molecule has 3 aromatic rings. The van der Waals surface area contributed by atoms with Crippen molar-refractivity contribution in [2.24, 2.45) is 5.10 Å². The molecule has 0 heterocycles. The highest BCUT2D eigenvalue weighted by Crippen LogP contribution is 2.36. The zero-order valence-electron chi connectivity index (χ0n) is 16.3. The van der Waals surface area contributed by atoms with Crippen LogP contribution in [0, 0.1) is 0 Å². The maximum absolute atomic E-state index is 13.2. The molecule has 0 aliphatic carbocycles. The van der Waals surface area contributed by atoms with Gasteiger partial charge in [-0.25, -0.2) is 5.43 Å². The zero-order chi connectivity index (χ0) is 24.4. The van der Waals surface area contributed by atoms with Crippen LogP contribution in [0.2, 0.25) is 10.0 Å². The van der Waals surface area contributed by atoms with Gasteiger partial charge in [0, 0.05) is 16.1 Å².